The van der Waals surface area contributed by atoms with Gasteiger partial charge in [0.1, 0.15) is 0 Å². The Bertz CT molecular complexity index is 552. The van der Waals surface area contributed by atoms with Crippen molar-refractivity contribution in [3.63, 3.8) is 0 Å². The van der Waals surface area contributed by atoms with E-state index in [0.29, 0.717) is 5.92 Å². The second-order valence-corrected chi connectivity index (χ2v) is 4.53. The van der Waals surface area contributed by atoms with Crippen molar-refractivity contribution in [2.24, 2.45) is 7.05 Å². The lowest BCUT2D eigenvalue weighted by atomic mass is 10.1. The Kier molecular flexibility index (Phi) is 1.93. The van der Waals surface area contributed by atoms with Crippen molar-refractivity contribution in [1.29, 1.82) is 0 Å². The summed E-state index contributed by atoms with van der Waals surface area (Å²) in [6, 6.07) is 2.03. The molecular formula is C12H16N4. The molecule has 2 heterocycles. The fraction of sp³-hybridized carbons (Fsp3) is 0.500. The first-order chi connectivity index (χ1) is 7.70. The molecule has 0 aliphatic heterocycles. The molecule has 0 radical (unpaired) electrons. The third-order valence-corrected chi connectivity index (χ3v) is 3.25. The SMILES string of the molecule is CCc1nn(C)c2nc(C3CC3)cc(N)c12. The molecule has 2 N–H and O–H groups in total. The number of rotatable bonds is 2. The van der Waals surface area contributed by atoms with E-state index in [1.54, 1.807) is 0 Å². The van der Waals surface area contributed by atoms with Crippen LogP contribution in [0.4, 0.5) is 5.69 Å². The lowest BCUT2D eigenvalue weighted by molar-refractivity contribution is 0.759. The number of pyridine rings is 1. The molecule has 3 rings (SSSR count). The van der Waals surface area contributed by atoms with Crippen LogP contribution >= 0.6 is 0 Å². The van der Waals surface area contributed by atoms with Crippen molar-refractivity contribution < 1.29 is 0 Å². The van der Waals surface area contributed by atoms with Crippen LogP contribution in [0.25, 0.3) is 11.0 Å². The van der Waals surface area contributed by atoms with Crippen LogP contribution in [0.2, 0.25) is 0 Å². The zero-order chi connectivity index (χ0) is 11.3. The molecule has 4 heteroatoms. The van der Waals surface area contributed by atoms with Crippen LogP contribution in [0, 0.1) is 0 Å². The van der Waals surface area contributed by atoms with Crippen molar-refractivity contribution in [2.45, 2.75) is 32.1 Å². The summed E-state index contributed by atoms with van der Waals surface area (Å²) < 4.78 is 1.84. The Balaban J connectivity index is 2.29. The van der Waals surface area contributed by atoms with E-state index in [1.807, 2.05) is 17.8 Å². The highest BCUT2D eigenvalue weighted by atomic mass is 15.3. The number of fused-ring (bicyclic) bond motifs is 1. The molecule has 0 atom stereocenters. The number of nitrogen functional groups attached to an aromatic ring is 1. The maximum absolute atomic E-state index is 6.12. The summed E-state index contributed by atoms with van der Waals surface area (Å²) in [6.45, 7) is 2.09. The highest BCUT2D eigenvalue weighted by Crippen LogP contribution is 2.40. The number of nitrogens with two attached hydrogens (primary N) is 1. The molecule has 84 valence electrons. The van der Waals surface area contributed by atoms with Crippen molar-refractivity contribution in [2.75, 3.05) is 5.73 Å². The lowest BCUT2D eigenvalue weighted by Crippen LogP contribution is -1.97. The van der Waals surface area contributed by atoms with Gasteiger partial charge in [-0.25, -0.2) is 4.98 Å². The summed E-state index contributed by atoms with van der Waals surface area (Å²) in [5.74, 6) is 0.631. The molecule has 0 spiro atoms. The van der Waals surface area contributed by atoms with Crippen molar-refractivity contribution in [3.05, 3.63) is 17.5 Å². The van der Waals surface area contributed by atoms with Gasteiger partial charge in [-0.05, 0) is 25.3 Å². The van der Waals surface area contributed by atoms with Crippen molar-refractivity contribution in [3.8, 4) is 0 Å². The van der Waals surface area contributed by atoms with Gasteiger partial charge in [0.2, 0.25) is 0 Å². The molecule has 4 nitrogen and oxygen atoms in total. The molecule has 0 saturated heterocycles. The molecule has 1 aliphatic rings. The van der Waals surface area contributed by atoms with E-state index in [9.17, 15) is 0 Å². The van der Waals surface area contributed by atoms with Gasteiger partial charge in [0.05, 0.1) is 11.1 Å². The van der Waals surface area contributed by atoms with E-state index in [4.69, 9.17) is 5.73 Å². The Labute approximate surface area is 94.5 Å². The predicted octanol–water partition coefficient (Wildman–Crippen LogP) is 1.99. The fourth-order valence-electron chi connectivity index (χ4n) is 2.22. The molecule has 2 aromatic heterocycles. The fourth-order valence-corrected chi connectivity index (χ4v) is 2.22. The zero-order valence-electron chi connectivity index (χ0n) is 9.70. The van der Waals surface area contributed by atoms with Crippen LogP contribution in [0.15, 0.2) is 6.07 Å². The Morgan fingerprint density at radius 2 is 2.25 bits per heavy atom. The van der Waals surface area contributed by atoms with E-state index in [0.717, 1.165) is 34.5 Å². The minimum absolute atomic E-state index is 0.631. The number of aryl methyl sites for hydroxylation is 2. The van der Waals surface area contributed by atoms with Crippen LogP contribution in [-0.4, -0.2) is 14.8 Å². The molecule has 0 aromatic carbocycles. The zero-order valence-corrected chi connectivity index (χ0v) is 9.70. The molecule has 1 fully saturated rings. The molecule has 2 aromatic rings. The molecule has 0 unspecified atom stereocenters. The van der Waals surface area contributed by atoms with E-state index in [-0.39, 0.29) is 0 Å². The summed E-state index contributed by atoms with van der Waals surface area (Å²) in [6.07, 6.45) is 3.39. The minimum atomic E-state index is 0.631. The quantitative estimate of drug-likeness (QED) is 0.835. The first kappa shape index (κ1) is 9.63. The first-order valence-corrected chi connectivity index (χ1v) is 5.82. The van der Waals surface area contributed by atoms with Crippen LogP contribution in [0.1, 0.15) is 37.1 Å². The minimum Gasteiger partial charge on any atom is -0.398 e. The highest BCUT2D eigenvalue weighted by Gasteiger charge is 2.26. The maximum atomic E-state index is 6.12. The van der Waals surface area contributed by atoms with Gasteiger partial charge in [0, 0.05) is 24.3 Å². The molecule has 1 aliphatic carbocycles. The third-order valence-electron chi connectivity index (χ3n) is 3.25. The van der Waals surface area contributed by atoms with Gasteiger partial charge < -0.3 is 5.73 Å². The average Bonchev–Trinajstić information content (AvgIpc) is 3.05. The van der Waals surface area contributed by atoms with E-state index in [2.05, 4.69) is 17.0 Å². The highest BCUT2D eigenvalue weighted by molar-refractivity contribution is 5.90. The topological polar surface area (TPSA) is 56.7 Å². The van der Waals surface area contributed by atoms with Crippen molar-refractivity contribution in [1.82, 2.24) is 14.8 Å². The summed E-state index contributed by atoms with van der Waals surface area (Å²) in [4.78, 5) is 4.69. The van der Waals surface area contributed by atoms with Gasteiger partial charge >= 0.3 is 0 Å². The van der Waals surface area contributed by atoms with Gasteiger partial charge in [-0.3, -0.25) is 4.68 Å². The van der Waals surface area contributed by atoms with Crippen LogP contribution in [0.5, 0.6) is 0 Å². The van der Waals surface area contributed by atoms with E-state index >= 15 is 0 Å². The second-order valence-electron chi connectivity index (χ2n) is 4.53. The standard InChI is InChI=1S/C12H16N4/c1-3-9-11-8(13)6-10(7-4-5-7)14-12(11)16(2)15-9/h6-7H,3-5H2,1-2H3,(H2,13,14). The second kappa shape index (κ2) is 3.20. The third kappa shape index (κ3) is 1.29. The lowest BCUT2D eigenvalue weighted by Gasteiger charge is -2.03. The smallest absolute Gasteiger partial charge is 0.160 e. The van der Waals surface area contributed by atoms with Gasteiger partial charge in [0.25, 0.3) is 0 Å². The maximum Gasteiger partial charge on any atom is 0.160 e. The Morgan fingerprint density at radius 3 is 2.88 bits per heavy atom. The normalized spacial score (nSPS) is 15.9. The summed E-state index contributed by atoms with van der Waals surface area (Å²) in [5, 5.41) is 5.50. The van der Waals surface area contributed by atoms with Gasteiger partial charge in [-0.15, -0.1) is 0 Å². The van der Waals surface area contributed by atoms with E-state index < -0.39 is 0 Å². The van der Waals surface area contributed by atoms with Crippen LogP contribution in [-0.2, 0) is 13.5 Å². The number of aromatic nitrogens is 3. The van der Waals surface area contributed by atoms with Crippen molar-refractivity contribution >= 4 is 16.7 Å². The first-order valence-electron chi connectivity index (χ1n) is 5.82. The molecule has 16 heavy (non-hydrogen) atoms. The van der Waals surface area contributed by atoms with Gasteiger partial charge in [0.15, 0.2) is 5.65 Å². The number of hydrogen-bond acceptors (Lipinski definition) is 3. The number of anilines is 1. The monoisotopic (exact) mass is 216 g/mol. The Morgan fingerprint density at radius 1 is 1.50 bits per heavy atom. The molecule has 0 amide bonds. The predicted molar refractivity (Wildman–Crippen MR) is 64.3 cm³/mol. The molecule has 0 bridgehead atoms. The summed E-state index contributed by atoms with van der Waals surface area (Å²) in [5.41, 5.74) is 10.1. The molecule has 1 saturated carbocycles. The van der Waals surface area contributed by atoms with E-state index in [1.165, 1.54) is 12.8 Å². The Hall–Kier alpha value is -1.58. The number of nitrogens with zero attached hydrogens (tertiary/aromatic N) is 3. The summed E-state index contributed by atoms with van der Waals surface area (Å²) >= 11 is 0. The largest absolute Gasteiger partial charge is 0.398 e. The number of hydrogen-bond donors (Lipinski definition) is 1. The summed E-state index contributed by atoms with van der Waals surface area (Å²) in [7, 11) is 1.94. The average molecular weight is 216 g/mol. The van der Waals surface area contributed by atoms with Gasteiger partial charge in [-0.1, -0.05) is 6.92 Å². The van der Waals surface area contributed by atoms with Gasteiger partial charge in [-0.2, -0.15) is 5.10 Å². The van der Waals surface area contributed by atoms with Crippen LogP contribution in [0.3, 0.4) is 0 Å². The molecular weight excluding hydrogens is 200 g/mol. The van der Waals surface area contributed by atoms with Crippen LogP contribution < -0.4 is 5.73 Å².